The van der Waals surface area contributed by atoms with Crippen LogP contribution in [0.1, 0.15) is 0 Å². The maximum Gasteiger partial charge on any atom is 0.316 e. The first-order chi connectivity index (χ1) is 0. The van der Waals surface area contributed by atoms with E-state index >= 15 is 0 Å². The normalized spacial score (nSPS) is 0. The molecule has 5 heavy (non-hydrogen) atoms. The molecule has 0 aromatic heterocycles. The van der Waals surface area contributed by atoms with Crippen molar-refractivity contribution in [3.63, 3.8) is 0 Å². The molecule has 0 aliphatic heterocycles. The van der Waals surface area contributed by atoms with Crippen molar-refractivity contribution in [2.75, 3.05) is 0 Å². The quantitative estimate of drug-likeness (QED) is 0.363. The van der Waals surface area contributed by atoms with Gasteiger partial charge in [0.05, 0.1) is 0 Å². The molecule has 0 aromatic carbocycles. The van der Waals surface area contributed by atoms with E-state index in [2.05, 4.69) is 0 Å². The molecule has 0 unspecified atom stereocenters. The topological polar surface area (TPSA) is 0 Å². The van der Waals surface area contributed by atoms with Crippen molar-refractivity contribution < 1.29 is 33.6 Å². The maximum atomic E-state index is 0. The Bertz CT molecular complexity index is 11.6. The van der Waals surface area contributed by atoms with Crippen LogP contribution in [-0.2, 0) is 33.6 Å². The van der Waals surface area contributed by atoms with Gasteiger partial charge in [0.1, 0.15) is 0 Å². The molecule has 1 radical (unpaired) electrons. The first-order valence-electron chi connectivity index (χ1n) is 0. The Hall–Kier alpha value is 2.53. The summed E-state index contributed by atoms with van der Waals surface area (Å²) in [6, 6.07) is 0. The summed E-state index contributed by atoms with van der Waals surface area (Å²) in [7, 11) is 0. The van der Waals surface area contributed by atoms with Crippen molar-refractivity contribution >= 4 is 51.4 Å². The molecule has 0 spiro atoms. The molecule has 0 bridgehead atoms. The van der Waals surface area contributed by atoms with E-state index in [1.165, 1.54) is 0 Å². The van der Waals surface area contributed by atoms with Gasteiger partial charge in [0.25, 0.3) is 0 Å². The van der Waals surface area contributed by atoms with E-state index in [1.54, 1.807) is 0 Å². The van der Waals surface area contributed by atoms with Crippen LogP contribution in [0.25, 0.3) is 0 Å². The minimum atomic E-state index is 0. The third-order valence-corrected chi connectivity index (χ3v) is 0. The number of hydrogen-bond donors (Lipinski definition) is 0. The predicted octanol–water partition coefficient (Wildman–Crippen LogP) is -3.56. The molecular weight excluding hydrogens is 202 g/mol. The zero-order valence-electron chi connectivity index (χ0n) is 0.618. The van der Waals surface area contributed by atoms with Gasteiger partial charge in [-0.15, -0.1) is 0 Å². The maximum absolute atomic E-state index is 0. The zero-order valence-corrected chi connectivity index (χ0v) is 2.55. The second-order valence-corrected chi connectivity index (χ2v) is 0. The van der Waals surface area contributed by atoms with Crippen molar-refractivity contribution in [1.29, 1.82) is 0 Å². The van der Waals surface area contributed by atoms with Gasteiger partial charge in [-0.05, 0) is 11.0 Å². The number of hydrogen-bond acceptors (Lipinski definition) is 0. The van der Waals surface area contributed by atoms with Crippen LogP contribution in [0.4, 0.5) is 0 Å². The predicted molar refractivity (Wildman–Crippen MR) is 29.8 cm³/mol. The van der Waals surface area contributed by atoms with Gasteiger partial charge >= 0.3 is 23.1 Å². The van der Waals surface area contributed by atoms with Gasteiger partial charge in [-0.1, -0.05) is 0 Å². The second kappa shape index (κ2) is 31.2. The van der Waals surface area contributed by atoms with Gasteiger partial charge in [-0.3, -0.25) is 0 Å². The Morgan fingerprint density at radius 1 is 1.00 bits per heavy atom. The van der Waals surface area contributed by atoms with Gasteiger partial charge in [0.15, 0.2) is 17.4 Å². The Labute approximate surface area is 83.9 Å². The molecule has 5 heteroatoms. The van der Waals surface area contributed by atoms with Gasteiger partial charge < -0.3 is 0 Å². The summed E-state index contributed by atoms with van der Waals surface area (Å²) in [6.07, 6.45) is 0. The Morgan fingerprint density at radius 2 is 1.00 bits per heavy atom. The second-order valence-electron chi connectivity index (χ2n) is 0. The third-order valence-electron chi connectivity index (χ3n) is 0. The summed E-state index contributed by atoms with van der Waals surface area (Å²) < 4.78 is 0. The molecule has 0 N–H and O–H groups in total. The average molecular weight is 211 g/mol. The smallest absolute Gasteiger partial charge is 0.0149 e. The molecule has 0 fully saturated rings. The van der Waals surface area contributed by atoms with Gasteiger partial charge in [-0.25, -0.2) is 0 Å². The minimum absolute atomic E-state index is 0. The van der Waals surface area contributed by atoms with Crippen molar-refractivity contribution in [2.24, 2.45) is 0 Å². The summed E-state index contributed by atoms with van der Waals surface area (Å²) in [5.41, 5.74) is 0. The third kappa shape index (κ3) is 20.9. The van der Waals surface area contributed by atoms with E-state index in [1.807, 2.05) is 0 Å². The van der Waals surface area contributed by atoms with Gasteiger partial charge in [-0.2, -0.15) is 0 Å². The van der Waals surface area contributed by atoms with Crippen molar-refractivity contribution in [3.05, 3.63) is 0 Å². The standard InChI is InChI=1S/Al.Cu.Mg.Ni.H4Si.5H/h;;;;1H4;;;;;. The molecule has 0 amide bonds. The van der Waals surface area contributed by atoms with Gasteiger partial charge in [0, 0.05) is 33.6 Å². The van der Waals surface area contributed by atoms with Crippen molar-refractivity contribution in [2.45, 2.75) is 0 Å². The fourth-order valence-corrected chi connectivity index (χ4v) is 0. The van der Waals surface area contributed by atoms with E-state index in [0.717, 1.165) is 0 Å². The van der Waals surface area contributed by atoms with E-state index in [-0.39, 0.29) is 84.9 Å². The van der Waals surface area contributed by atoms with Gasteiger partial charge in [0.2, 0.25) is 0 Å². The Balaban J connectivity index is 0. The fraction of sp³-hybridized carbons (Fsp3) is 0. The average Bonchev–Trinajstić information content (AvgIpc) is 0. The van der Waals surface area contributed by atoms with E-state index in [4.69, 9.17) is 0 Å². The summed E-state index contributed by atoms with van der Waals surface area (Å²) in [4.78, 5) is 0. The van der Waals surface area contributed by atoms with E-state index in [0.29, 0.717) is 0 Å². The monoisotopic (exact) mass is 209 g/mol. The molecule has 0 aliphatic carbocycles. The zero-order chi connectivity index (χ0) is 0. The molecule has 0 atom stereocenters. The van der Waals surface area contributed by atoms with Crippen LogP contribution in [0, 0.1) is 0 Å². The van der Waals surface area contributed by atoms with Crippen LogP contribution in [0.3, 0.4) is 0 Å². The van der Waals surface area contributed by atoms with Crippen molar-refractivity contribution in [3.8, 4) is 0 Å². The molecule has 0 saturated heterocycles. The van der Waals surface area contributed by atoms with Crippen molar-refractivity contribution in [1.82, 2.24) is 0 Å². The Kier molecular flexibility index (Phi) is 313. The largest absolute Gasteiger partial charge is 0.316 e. The van der Waals surface area contributed by atoms with Crippen LogP contribution in [0.2, 0.25) is 0 Å². The Morgan fingerprint density at radius 3 is 1.00 bits per heavy atom. The first-order valence-corrected chi connectivity index (χ1v) is 0. The van der Waals surface area contributed by atoms with E-state index in [9.17, 15) is 0 Å². The molecule has 39 valence electrons. The van der Waals surface area contributed by atoms with Crippen LogP contribution in [-0.4, -0.2) is 51.4 Å². The number of rotatable bonds is 0. The molecule has 0 nitrogen and oxygen atoms in total. The SMILES string of the molecule is [AlH3].[Cu].[MgH2].[Ni].[SiH4]. The molecule has 0 heterocycles. The van der Waals surface area contributed by atoms with Crippen LogP contribution in [0.15, 0.2) is 0 Å². The summed E-state index contributed by atoms with van der Waals surface area (Å²) in [5, 5.41) is 0. The van der Waals surface area contributed by atoms with Crippen LogP contribution in [0.5, 0.6) is 0 Å². The van der Waals surface area contributed by atoms with E-state index < -0.39 is 0 Å². The minimum Gasteiger partial charge on any atom is -0.0149 e. The summed E-state index contributed by atoms with van der Waals surface area (Å²) >= 11 is 0. The first kappa shape index (κ1) is 50.2. The molecule has 0 rings (SSSR count). The fourth-order valence-electron chi connectivity index (χ4n) is 0. The molecule has 0 saturated carbocycles. The molecule has 0 aromatic rings. The summed E-state index contributed by atoms with van der Waals surface area (Å²) in [5.74, 6) is 0. The summed E-state index contributed by atoms with van der Waals surface area (Å²) in [6.45, 7) is 0. The van der Waals surface area contributed by atoms with Crippen LogP contribution < -0.4 is 0 Å². The van der Waals surface area contributed by atoms with Crippen LogP contribution >= 0.6 is 0 Å². The molecular formula is H9AlCuMgNiSi. The molecule has 0 aliphatic rings.